The van der Waals surface area contributed by atoms with E-state index in [2.05, 4.69) is 10.3 Å². The predicted octanol–water partition coefficient (Wildman–Crippen LogP) is 3.14. The van der Waals surface area contributed by atoms with E-state index in [1.54, 1.807) is 24.3 Å². The summed E-state index contributed by atoms with van der Waals surface area (Å²) in [6, 6.07) is 6.26. The Kier molecular flexibility index (Phi) is 8.84. The van der Waals surface area contributed by atoms with Gasteiger partial charge in [0.25, 0.3) is 17.4 Å². The number of hydrogen-bond donors (Lipinski definition) is 3. The molecule has 2 amide bonds. The molecule has 1 aromatic carbocycles. The third-order valence-electron chi connectivity index (χ3n) is 5.28. The number of aromatic nitrogens is 2. The monoisotopic (exact) mass is 471 g/mol. The third-order valence-corrected chi connectivity index (χ3v) is 5.28. The van der Waals surface area contributed by atoms with Crippen molar-refractivity contribution in [2.24, 2.45) is 5.92 Å². The van der Waals surface area contributed by atoms with Crippen LogP contribution >= 0.6 is 0 Å². The van der Waals surface area contributed by atoms with Gasteiger partial charge in [-0.25, -0.2) is 4.79 Å². The fourth-order valence-electron chi connectivity index (χ4n) is 3.41. The maximum atomic E-state index is 13.5. The molecule has 1 aromatic heterocycles. The molecule has 2 aromatic rings. The molecule has 0 saturated heterocycles. The van der Waals surface area contributed by atoms with Gasteiger partial charge in [-0.05, 0) is 63.8 Å². The number of aromatic amines is 1. The molecule has 0 aliphatic heterocycles. The minimum atomic E-state index is -0.700. The summed E-state index contributed by atoms with van der Waals surface area (Å²) >= 11 is 0. The molecule has 0 unspecified atom stereocenters. The fraction of sp³-hybridized carbons (Fsp3) is 0.520. The van der Waals surface area contributed by atoms with Crippen molar-refractivity contribution >= 4 is 23.3 Å². The molecule has 0 spiro atoms. The van der Waals surface area contributed by atoms with E-state index in [0.717, 1.165) is 6.42 Å². The zero-order valence-corrected chi connectivity index (χ0v) is 21.0. The van der Waals surface area contributed by atoms with Crippen molar-refractivity contribution in [3.05, 3.63) is 56.2 Å². The first-order valence-electron chi connectivity index (χ1n) is 11.7. The molecule has 0 radical (unpaired) electrons. The Hall–Kier alpha value is -3.36. The minimum Gasteiger partial charge on any atom is -0.383 e. The number of amides is 2. The molecule has 9 nitrogen and oxygen atoms in total. The molecule has 4 N–H and O–H groups in total. The number of nitrogens with zero attached hydrogens (tertiary/aromatic N) is 2. The van der Waals surface area contributed by atoms with E-state index in [0.29, 0.717) is 30.5 Å². The van der Waals surface area contributed by atoms with E-state index < -0.39 is 22.7 Å². The van der Waals surface area contributed by atoms with Gasteiger partial charge in [0.05, 0.1) is 0 Å². The first-order chi connectivity index (χ1) is 15.9. The van der Waals surface area contributed by atoms with Crippen LogP contribution in [0.25, 0.3) is 0 Å². The van der Waals surface area contributed by atoms with Crippen molar-refractivity contribution < 1.29 is 9.59 Å². The normalized spacial score (nSPS) is 11.5. The lowest BCUT2D eigenvalue weighted by atomic mass is 10.1. The molecular formula is C25H37N5O4. The Bertz CT molecular complexity index is 1120. The van der Waals surface area contributed by atoms with E-state index in [1.165, 1.54) is 9.47 Å². The lowest BCUT2D eigenvalue weighted by Crippen LogP contribution is -2.42. The van der Waals surface area contributed by atoms with Gasteiger partial charge in [0.15, 0.2) is 5.69 Å². The lowest BCUT2D eigenvalue weighted by Gasteiger charge is -2.25. The lowest BCUT2D eigenvalue weighted by molar-refractivity contribution is 0.0917. The summed E-state index contributed by atoms with van der Waals surface area (Å²) < 4.78 is 1.30. The smallest absolute Gasteiger partial charge is 0.330 e. The number of rotatable bonds is 9. The Morgan fingerprint density at radius 2 is 1.71 bits per heavy atom. The Labute approximate surface area is 200 Å². The summed E-state index contributed by atoms with van der Waals surface area (Å²) in [6.45, 7) is 12.3. The van der Waals surface area contributed by atoms with Crippen LogP contribution in [0.3, 0.4) is 0 Å². The second-order valence-corrected chi connectivity index (χ2v) is 9.92. The molecule has 186 valence electrons. The Morgan fingerprint density at radius 1 is 1.12 bits per heavy atom. The second kappa shape index (κ2) is 11.2. The summed E-state index contributed by atoms with van der Waals surface area (Å²) in [6.07, 6.45) is 2.17. The van der Waals surface area contributed by atoms with Crippen LogP contribution in [-0.2, 0) is 6.54 Å². The zero-order valence-electron chi connectivity index (χ0n) is 21.0. The third kappa shape index (κ3) is 6.82. The van der Waals surface area contributed by atoms with E-state index in [1.807, 2.05) is 41.5 Å². The van der Waals surface area contributed by atoms with Crippen LogP contribution in [0.4, 0.5) is 11.5 Å². The van der Waals surface area contributed by atoms with Crippen LogP contribution < -0.4 is 27.2 Å². The largest absolute Gasteiger partial charge is 0.383 e. The highest BCUT2D eigenvalue weighted by Gasteiger charge is 2.26. The standard InChI is InChI=1S/C25H37N5O4/c1-7-8-14-30-20(26)19(22(32)27-24(30)34)29(15-13-16(2)3)23(33)18-11-9-17(10-12-18)21(31)28-25(4,5)6/h9-12,16H,7-8,13-15,26H2,1-6H3,(H,28,31)(H,27,32,34). The average Bonchev–Trinajstić information content (AvgIpc) is 2.74. The van der Waals surface area contributed by atoms with Gasteiger partial charge < -0.3 is 16.0 Å². The van der Waals surface area contributed by atoms with E-state index in [4.69, 9.17) is 5.73 Å². The maximum Gasteiger partial charge on any atom is 0.330 e. The number of nitrogens with two attached hydrogens (primary N) is 1. The van der Waals surface area contributed by atoms with Gasteiger partial charge >= 0.3 is 5.69 Å². The van der Waals surface area contributed by atoms with Gasteiger partial charge in [-0.15, -0.1) is 0 Å². The zero-order chi connectivity index (χ0) is 25.6. The minimum absolute atomic E-state index is 0.0273. The van der Waals surface area contributed by atoms with Gasteiger partial charge in [0.2, 0.25) is 0 Å². The predicted molar refractivity (Wildman–Crippen MR) is 135 cm³/mol. The van der Waals surface area contributed by atoms with E-state index >= 15 is 0 Å². The quantitative estimate of drug-likeness (QED) is 0.517. The van der Waals surface area contributed by atoms with E-state index in [9.17, 15) is 19.2 Å². The number of benzene rings is 1. The van der Waals surface area contributed by atoms with Crippen molar-refractivity contribution in [3.8, 4) is 0 Å². The first-order valence-corrected chi connectivity index (χ1v) is 11.7. The number of nitrogens with one attached hydrogen (secondary N) is 2. The molecule has 0 aliphatic rings. The summed E-state index contributed by atoms with van der Waals surface area (Å²) in [4.78, 5) is 54.7. The van der Waals surface area contributed by atoms with Crippen molar-refractivity contribution in [1.82, 2.24) is 14.9 Å². The van der Waals surface area contributed by atoms with Gasteiger partial charge in [0, 0.05) is 29.8 Å². The first kappa shape index (κ1) is 26.9. The van der Waals surface area contributed by atoms with Crippen LogP contribution in [-0.4, -0.2) is 33.4 Å². The highest BCUT2D eigenvalue weighted by atomic mass is 16.2. The summed E-state index contributed by atoms with van der Waals surface area (Å²) in [7, 11) is 0. The average molecular weight is 472 g/mol. The Balaban J connectivity index is 2.48. The molecule has 0 saturated carbocycles. The van der Waals surface area contributed by atoms with Crippen molar-refractivity contribution in [1.29, 1.82) is 0 Å². The maximum absolute atomic E-state index is 13.5. The van der Waals surface area contributed by atoms with Crippen LogP contribution in [0.2, 0.25) is 0 Å². The topological polar surface area (TPSA) is 130 Å². The Morgan fingerprint density at radius 3 is 2.24 bits per heavy atom. The highest BCUT2D eigenvalue weighted by molar-refractivity contribution is 6.07. The molecule has 0 fully saturated rings. The van der Waals surface area contributed by atoms with Crippen molar-refractivity contribution in [3.63, 3.8) is 0 Å². The van der Waals surface area contributed by atoms with Gasteiger partial charge in [-0.2, -0.15) is 0 Å². The number of carbonyl (C=O) groups excluding carboxylic acids is 2. The van der Waals surface area contributed by atoms with Crippen molar-refractivity contribution in [2.75, 3.05) is 17.2 Å². The molecular weight excluding hydrogens is 434 g/mol. The van der Waals surface area contributed by atoms with Crippen LogP contribution in [0.5, 0.6) is 0 Å². The number of H-pyrrole nitrogens is 1. The molecule has 0 atom stereocenters. The van der Waals surface area contributed by atoms with Gasteiger partial charge in [-0.3, -0.25) is 23.9 Å². The number of carbonyl (C=O) groups is 2. The van der Waals surface area contributed by atoms with Crippen LogP contribution in [0.15, 0.2) is 33.9 Å². The summed E-state index contributed by atoms with van der Waals surface area (Å²) in [5.74, 6) is -0.432. The SMILES string of the molecule is CCCCn1c(N)c(N(CCC(C)C)C(=O)c2ccc(C(=O)NC(C)(C)C)cc2)c(=O)[nH]c1=O. The highest BCUT2D eigenvalue weighted by Crippen LogP contribution is 2.21. The summed E-state index contributed by atoms with van der Waals surface area (Å²) in [5.41, 5.74) is 5.28. The summed E-state index contributed by atoms with van der Waals surface area (Å²) in [5, 5.41) is 2.88. The van der Waals surface area contributed by atoms with Crippen molar-refractivity contribution in [2.45, 2.75) is 72.9 Å². The number of nitrogen functional groups attached to an aromatic ring is 1. The van der Waals surface area contributed by atoms with Gasteiger partial charge in [-0.1, -0.05) is 27.2 Å². The molecule has 34 heavy (non-hydrogen) atoms. The fourth-order valence-corrected chi connectivity index (χ4v) is 3.41. The van der Waals surface area contributed by atoms with E-state index in [-0.39, 0.29) is 29.9 Å². The number of unbranched alkanes of at least 4 members (excludes halogenated alkanes) is 1. The van der Waals surface area contributed by atoms with Crippen LogP contribution in [0, 0.1) is 5.92 Å². The molecule has 9 heteroatoms. The number of anilines is 2. The number of hydrogen-bond acceptors (Lipinski definition) is 5. The molecule has 1 heterocycles. The van der Waals surface area contributed by atoms with Gasteiger partial charge in [0.1, 0.15) is 5.82 Å². The molecule has 2 rings (SSSR count). The molecule has 0 bridgehead atoms. The second-order valence-electron chi connectivity index (χ2n) is 9.92. The molecule has 0 aliphatic carbocycles. The van der Waals surface area contributed by atoms with Crippen LogP contribution in [0.1, 0.15) is 81.5 Å².